The van der Waals surface area contributed by atoms with E-state index >= 15 is 0 Å². The summed E-state index contributed by atoms with van der Waals surface area (Å²) in [7, 11) is -5.12. The summed E-state index contributed by atoms with van der Waals surface area (Å²) in [6.45, 7) is 3.61. The predicted molar refractivity (Wildman–Crippen MR) is 187 cm³/mol. The lowest BCUT2D eigenvalue weighted by atomic mass is 9.85. The Morgan fingerprint density at radius 3 is 1.67 bits per heavy atom. The molecule has 1 aliphatic rings. The number of aliphatic hydroxyl groups excluding tert-OH is 7. The summed E-state index contributed by atoms with van der Waals surface area (Å²) in [5.74, 6) is -0.598. The van der Waals surface area contributed by atoms with E-state index in [4.69, 9.17) is 9.05 Å². The Morgan fingerprint density at radius 2 is 1.16 bits per heavy atom. The van der Waals surface area contributed by atoms with Gasteiger partial charge >= 0.3 is 7.82 Å². The van der Waals surface area contributed by atoms with E-state index in [1.165, 1.54) is 57.4 Å². The number of hydrogen-bond donors (Lipinski definition) is 9. The Labute approximate surface area is 293 Å². The number of carbonyl (C=O) groups excluding carboxylic acids is 1. The van der Waals surface area contributed by atoms with E-state index in [0.29, 0.717) is 12.8 Å². The molecule has 0 aliphatic heterocycles. The molecule has 0 radical (unpaired) electrons. The first kappa shape index (κ1) is 46.1. The minimum atomic E-state index is -5.12. The number of hydrogen-bond acceptors (Lipinski definition) is 11. The Balaban J connectivity index is 2.62. The molecule has 0 aromatic heterocycles. The molecule has 1 fully saturated rings. The van der Waals surface area contributed by atoms with Gasteiger partial charge in [0.15, 0.2) is 0 Å². The van der Waals surface area contributed by atoms with Crippen LogP contribution in [0.1, 0.15) is 142 Å². The molecule has 0 aromatic rings. The molecule has 8 unspecified atom stereocenters. The smallest absolute Gasteiger partial charge is 0.393 e. The molecular weight excluding hydrogens is 657 g/mol. The van der Waals surface area contributed by atoms with E-state index in [2.05, 4.69) is 19.2 Å². The Morgan fingerprint density at radius 1 is 0.714 bits per heavy atom. The van der Waals surface area contributed by atoms with Gasteiger partial charge in [0, 0.05) is 0 Å². The zero-order chi connectivity index (χ0) is 36.7. The van der Waals surface area contributed by atoms with Gasteiger partial charge in [0.1, 0.15) is 36.6 Å². The van der Waals surface area contributed by atoms with Crippen LogP contribution in [0.3, 0.4) is 0 Å². The molecule has 1 saturated carbocycles. The van der Waals surface area contributed by atoms with Crippen LogP contribution in [0, 0.1) is 0 Å². The second kappa shape index (κ2) is 26.8. The molecule has 9 N–H and O–H groups in total. The number of carbonyl (C=O) groups is 1. The molecule has 0 saturated heterocycles. The molecule has 1 aliphatic carbocycles. The second-order valence-corrected chi connectivity index (χ2v) is 15.0. The van der Waals surface area contributed by atoms with Crippen molar-refractivity contribution in [1.82, 2.24) is 5.32 Å². The summed E-state index contributed by atoms with van der Waals surface area (Å²) >= 11 is 0. The summed E-state index contributed by atoms with van der Waals surface area (Å²) in [5.41, 5.74) is 0. The fraction of sp³-hybridized carbons (Fsp3) is 0.914. The molecule has 1 rings (SSSR count). The Kier molecular flexibility index (Phi) is 25.2. The fourth-order valence-electron chi connectivity index (χ4n) is 5.94. The van der Waals surface area contributed by atoms with Crippen LogP contribution in [0.4, 0.5) is 0 Å². The van der Waals surface area contributed by atoms with Crippen molar-refractivity contribution in [2.75, 3.05) is 6.61 Å². The lowest BCUT2D eigenvalue weighted by Crippen LogP contribution is -2.64. The average Bonchev–Trinajstić information content (AvgIpc) is 3.06. The van der Waals surface area contributed by atoms with Gasteiger partial charge < -0.3 is 46.0 Å². The van der Waals surface area contributed by atoms with E-state index in [-0.39, 0.29) is 6.42 Å². The highest BCUT2D eigenvalue weighted by Gasteiger charge is 2.51. The third kappa shape index (κ3) is 20.0. The highest BCUT2D eigenvalue weighted by atomic mass is 31.2. The van der Waals surface area contributed by atoms with E-state index in [1.807, 2.05) is 0 Å². The van der Waals surface area contributed by atoms with Gasteiger partial charge in [-0.2, -0.15) is 0 Å². The monoisotopic (exact) mass is 725 g/mol. The van der Waals surface area contributed by atoms with Crippen LogP contribution >= 0.6 is 7.82 Å². The zero-order valence-electron chi connectivity index (χ0n) is 29.9. The van der Waals surface area contributed by atoms with Crippen LogP contribution < -0.4 is 5.32 Å². The maximum absolute atomic E-state index is 12.8. The highest BCUT2D eigenvalue weighted by molar-refractivity contribution is 7.47. The number of amides is 1. The normalized spacial score (nSPS) is 26.0. The molecule has 8 atom stereocenters. The quantitative estimate of drug-likeness (QED) is 0.0304. The van der Waals surface area contributed by atoms with Crippen LogP contribution in [0.2, 0.25) is 0 Å². The Hall–Kier alpha value is -0.960. The summed E-state index contributed by atoms with van der Waals surface area (Å²) in [4.78, 5) is 23.1. The number of phosphoric acid groups is 1. The Bertz CT molecular complexity index is 911. The van der Waals surface area contributed by atoms with Gasteiger partial charge in [-0.05, 0) is 19.3 Å². The van der Waals surface area contributed by atoms with Crippen LogP contribution in [0.5, 0.6) is 0 Å². The van der Waals surface area contributed by atoms with Crippen molar-refractivity contribution in [3.8, 4) is 0 Å². The van der Waals surface area contributed by atoms with E-state index < -0.39 is 75.2 Å². The largest absolute Gasteiger partial charge is 0.472 e. The third-order valence-corrected chi connectivity index (χ3v) is 10.1. The number of allylic oxidation sites excluding steroid dienone is 1. The summed E-state index contributed by atoms with van der Waals surface area (Å²) < 4.78 is 22.6. The molecule has 0 aromatic carbocycles. The first-order valence-electron chi connectivity index (χ1n) is 18.7. The van der Waals surface area contributed by atoms with Gasteiger partial charge in [-0.15, -0.1) is 0 Å². The van der Waals surface area contributed by atoms with Crippen LogP contribution in [0.25, 0.3) is 0 Å². The SMILES string of the molecule is CCCCCCC/C=C/C(O)C(COP(=O)(O)OC1C(O)C(O)C(O)C(O)C1O)NC(=O)CC(O)CCCCCCCCCCCCCC. The van der Waals surface area contributed by atoms with Crippen molar-refractivity contribution in [3.05, 3.63) is 12.2 Å². The molecular formula is C35H68NO12P. The fourth-order valence-corrected chi connectivity index (χ4v) is 6.91. The number of nitrogens with one attached hydrogen (secondary N) is 1. The standard InChI is InChI=1S/C35H68NO12P/c1-3-5-7-9-11-12-13-14-15-17-18-20-22-26(37)24-29(39)36-27(28(38)23-21-19-16-10-8-6-4-2)25-47-49(45,46)48-35-33(43)31(41)30(40)32(42)34(35)44/h21,23,26-28,30-35,37-38,40-44H,3-20,22,24-25H2,1-2H3,(H,36,39)(H,45,46)/b23-21+. The van der Waals surface area contributed by atoms with Gasteiger partial charge in [0.25, 0.3) is 0 Å². The van der Waals surface area contributed by atoms with Crippen molar-refractivity contribution < 1.29 is 59.0 Å². The molecule has 13 nitrogen and oxygen atoms in total. The average molecular weight is 726 g/mol. The predicted octanol–water partition coefficient (Wildman–Crippen LogP) is 3.91. The van der Waals surface area contributed by atoms with Crippen LogP contribution in [-0.4, -0.2) is 108 Å². The van der Waals surface area contributed by atoms with E-state index in [9.17, 15) is 50.0 Å². The van der Waals surface area contributed by atoms with Gasteiger partial charge in [0.2, 0.25) is 5.91 Å². The maximum Gasteiger partial charge on any atom is 0.472 e. The molecule has 1 amide bonds. The molecule has 0 spiro atoms. The lowest BCUT2D eigenvalue weighted by Gasteiger charge is -2.41. The van der Waals surface area contributed by atoms with Crippen LogP contribution in [-0.2, 0) is 18.4 Å². The maximum atomic E-state index is 12.8. The summed E-state index contributed by atoms with van der Waals surface area (Å²) in [6, 6.07) is -1.23. The zero-order valence-corrected chi connectivity index (χ0v) is 30.8. The van der Waals surface area contributed by atoms with Crippen molar-refractivity contribution in [1.29, 1.82) is 0 Å². The minimum Gasteiger partial charge on any atom is -0.393 e. The number of phosphoric ester groups is 1. The van der Waals surface area contributed by atoms with Gasteiger partial charge in [-0.1, -0.05) is 129 Å². The number of aliphatic hydroxyl groups is 7. The third-order valence-electron chi connectivity index (χ3n) is 9.12. The topological polar surface area (TPSA) is 226 Å². The van der Waals surface area contributed by atoms with Crippen molar-refractivity contribution >= 4 is 13.7 Å². The first-order valence-corrected chi connectivity index (χ1v) is 20.2. The summed E-state index contributed by atoms with van der Waals surface area (Å²) in [5, 5.41) is 73.7. The van der Waals surface area contributed by atoms with Gasteiger partial charge in [0.05, 0.1) is 31.3 Å². The van der Waals surface area contributed by atoms with Gasteiger partial charge in [-0.25, -0.2) is 4.57 Å². The van der Waals surface area contributed by atoms with Crippen molar-refractivity contribution in [2.45, 2.75) is 197 Å². The minimum absolute atomic E-state index is 0.242. The van der Waals surface area contributed by atoms with E-state index in [1.54, 1.807) is 6.08 Å². The van der Waals surface area contributed by atoms with Crippen LogP contribution in [0.15, 0.2) is 12.2 Å². The number of unbranched alkanes of at least 4 members (excludes halogenated alkanes) is 16. The number of rotatable bonds is 29. The summed E-state index contributed by atoms with van der Waals surface area (Å²) in [6.07, 6.45) is 9.35. The second-order valence-electron chi connectivity index (χ2n) is 13.6. The molecule has 0 heterocycles. The van der Waals surface area contributed by atoms with E-state index in [0.717, 1.165) is 57.8 Å². The highest BCUT2D eigenvalue weighted by Crippen LogP contribution is 2.47. The van der Waals surface area contributed by atoms with Crippen molar-refractivity contribution in [3.63, 3.8) is 0 Å². The molecule has 290 valence electrons. The molecule has 0 bridgehead atoms. The molecule has 49 heavy (non-hydrogen) atoms. The van der Waals surface area contributed by atoms with Gasteiger partial charge in [-0.3, -0.25) is 13.8 Å². The van der Waals surface area contributed by atoms with Crippen molar-refractivity contribution in [2.24, 2.45) is 0 Å². The first-order chi connectivity index (χ1) is 23.3. The lowest BCUT2D eigenvalue weighted by molar-refractivity contribution is -0.220. The molecule has 14 heteroatoms.